The lowest BCUT2D eigenvalue weighted by Crippen LogP contribution is -2.25. The molecule has 2 fully saturated rings. The molecule has 0 saturated heterocycles. The first-order valence-electron chi connectivity index (χ1n) is 14.7. The molecular formula is C33H48O5. The molecule has 3 rings (SSSR count). The molecule has 1 aromatic carbocycles. The zero-order chi connectivity index (χ0) is 27.7. The lowest BCUT2D eigenvalue weighted by atomic mass is 9.68. The molecule has 0 aromatic heterocycles. The molecule has 2 unspecified atom stereocenters. The molecule has 0 radical (unpaired) electrons. The van der Waals surface area contributed by atoms with E-state index in [2.05, 4.69) is 44.3 Å². The van der Waals surface area contributed by atoms with Crippen LogP contribution in [0.2, 0.25) is 0 Å². The molecule has 0 heterocycles. The van der Waals surface area contributed by atoms with Gasteiger partial charge in [0.25, 0.3) is 0 Å². The predicted molar refractivity (Wildman–Crippen MR) is 152 cm³/mol. The van der Waals surface area contributed by atoms with Crippen molar-refractivity contribution in [2.24, 2.45) is 17.8 Å². The van der Waals surface area contributed by atoms with Crippen LogP contribution in [0.5, 0.6) is 0 Å². The van der Waals surface area contributed by atoms with Crippen molar-refractivity contribution in [2.75, 3.05) is 13.2 Å². The summed E-state index contributed by atoms with van der Waals surface area (Å²) in [6, 6.07) is 8.49. The van der Waals surface area contributed by atoms with Crippen molar-refractivity contribution in [3.63, 3.8) is 0 Å². The van der Waals surface area contributed by atoms with E-state index in [0.29, 0.717) is 11.5 Å². The summed E-state index contributed by atoms with van der Waals surface area (Å²) in [4.78, 5) is 24.2. The Morgan fingerprint density at radius 2 is 1.42 bits per heavy atom. The Bertz CT molecular complexity index is 931. The maximum Gasteiger partial charge on any atom is 0.336 e. The third-order valence-corrected chi connectivity index (χ3v) is 8.85. The first kappa shape index (κ1) is 30.1. The minimum absolute atomic E-state index is 0.00244. The van der Waals surface area contributed by atoms with E-state index in [1.807, 2.05) is 0 Å². The zero-order valence-electron chi connectivity index (χ0n) is 23.8. The van der Waals surface area contributed by atoms with Crippen LogP contribution in [0.25, 0.3) is 0 Å². The Balaban J connectivity index is 1.57. The highest BCUT2D eigenvalue weighted by molar-refractivity contribution is 5.88. The molecule has 1 aromatic rings. The van der Waals surface area contributed by atoms with Crippen molar-refractivity contribution < 1.29 is 24.2 Å². The van der Waals surface area contributed by atoms with E-state index in [1.165, 1.54) is 76.7 Å². The van der Waals surface area contributed by atoms with Gasteiger partial charge in [0.1, 0.15) is 13.2 Å². The minimum atomic E-state index is -0.979. The smallest absolute Gasteiger partial charge is 0.336 e. The molecular weight excluding hydrogens is 476 g/mol. The van der Waals surface area contributed by atoms with Crippen molar-refractivity contribution >= 4 is 11.9 Å². The molecule has 0 spiro atoms. The normalized spacial score (nSPS) is 25.2. The average molecular weight is 525 g/mol. The molecule has 2 aliphatic rings. The van der Waals surface area contributed by atoms with Gasteiger partial charge in [-0.2, -0.15) is 0 Å². The highest BCUT2D eigenvalue weighted by Gasteiger charge is 2.31. The predicted octanol–water partition coefficient (Wildman–Crippen LogP) is 7.25. The number of carbonyl (C=O) groups excluding carboxylic acids is 2. The van der Waals surface area contributed by atoms with Gasteiger partial charge in [-0.3, -0.25) is 0 Å². The Kier molecular flexibility index (Phi) is 11.6. The number of hydrogen-bond acceptors (Lipinski definition) is 5. The number of benzene rings is 1. The summed E-state index contributed by atoms with van der Waals surface area (Å²) in [5, 5.41) is 9.61. The van der Waals surface area contributed by atoms with Gasteiger partial charge >= 0.3 is 11.9 Å². The van der Waals surface area contributed by atoms with Gasteiger partial charge < -0.3 is 14.6 Å². The Labute approximate surface area is 229 Å². The quantitative estimate of drug-likeness (QED) is 0.230. The fourth-order valence-corrected chi connectivity index (χ4v) is 6.30. The fourth-order valence-electron chi connectivity index (χ4n) is 6.30. The molecule has 2 saturated carbocycles. The summed E-state index contributed by atoms with van der Waals surface area (Å²) in [7, 11) is 0. The van der Waals surface area contributed by atoms with Gasteiger partial charge in [0.05, 0.1) is 17.6 Å². The molecule has 2 aliphatic carbocycles. The van der Waals surface area contributed by atoms with E-state index in [-0.39, 0.29) is 24.7 Å². The van der Waals surface area contributed by atoms with Crippen LogP contribution in [0.1, 0.15) is 108 Å². The van der Waals surface area contributed by atoms with Gasteiger partial charge in [-0.15, -0.1) is 0 Å². The van der Waals surface area contributed by atoms with E-state index in [4.69, 9.17) is 9.47 Å². The molecule has 5 nitrogen and oxygen atoms in total. The summed E-state index contributed by atoms with van der Waals surface area (Å²) < 4.78 is 10.8. The van der Waals surface area contributed by atoms with Gasteiger partial charge in [-0.25, -0.2) is 9.59 Å². The highest BCUT2D eigenvalue weighted by atomic mass is 16.5. The number of hydrogen-bond donors (Lipinski definition) is 1. The van der Waals surface area contributed by atoms with Gasteiger partial charge in [0, 0.05) is 5.57 Å². The van der Waals surface area contributed by atoms with Crippen LogP contribution in [0.15, 0.2) is 48.6 Å². The van der Waals surface area contributed by atoms with Gasteiger partial charge in [-0.05, 0) is 87.2 Å². The third-order valence-electron chi connectivity index (χ3n) is 8.85. The standard InChI is InChI=1S/C33H48O5/c1-6-7-25-8-10-26(11-9-25)27-12-14-28(15-13-27)29-16-18-30(19-17-29)31(20-37-32(35)22(2)3)21-38-33(36)23(4)24(5)34/h16-19,24-28,31,34H,2,4,6-15,20-21H2,1,3,5H3. The summed E-state index contributed by atoms with van der Waals surface area (Å²) >= 11 is 0. The maximum absolute atomic E-state index is 12.2. The lowest BCUT2D eigenvalue weighted by molar-refractivity contribution is -0.143. The minimum Gasteiger partial charge on any atom is -0.462 e. The third kappa shape index (κ3) is 8.56. The van der Waals surface area contributed by atoms with E-state index in [9.17, 15) is 14.7 Å². The van der Waals surface area contributed by atoms with Crippen LogP contribution in [0.3, 0.4) is 0 Å². The van der Waals surface area contributed by atoms with Crippen LogP contribution in [0.4, 0.5) is 0 Å². The summed E-state index contributed by atoms with van der Waals surface area (Å²) in [5.74, 6) is 1.94. The summed E-state index contributed by atoms with van der Waals surface area (Å²) in [5.41, 5.74) is 2.62. The van der Waals surface area contributed by atoms with Gasteiger partial charge in [-0.1, -0.05) is 70.0 Å². The molecule has 38 heavy (non-hydrogen) atoms. The molecule has 210 valence electrons. The lowest BCUT2D eigenvalue weighted by Gasteiger charge is -2.38. The van der Waals surface area contributed by atoms with Gasteiger partial charge in [0.2, 0.25) is 0 Å². The van der Waals surface area contributed by atoms with Crippen molar-refractivity contribution in [1.29, 1.82) is 0 Å². The second-order valence-electron chi connectivity index (χ2n) is 11.7. The first-order valence-corrected chi connectivity index (χ1v) is 14.7. The van der Waals surface area contributed by atoms with Gasteiger partial charge in [0.15, 0.2) is 0 Å². The number of rotatable bonds is 12. The van der Waals surface area contributed by atoms with E-state index < -0.39 is 18.0 Å². The second-order valence-corrected chi connectivity index (χ2v) is 11.7. The Hall–Kier alpha value is -2.40. The molecule has 1 N–H and O–H groups in total. The van der Waals surface area contributed by atoms with Crippen LogP contribution < -0.4 is 0 Å². The number of aliphatic hydroxyl groups excluding tert-OH is 1. The SMILES string of the molecule is C=C(C)C(=O)OCC(COC(=O)C(=C)C(C)O)c1ccc(C2CCC(C3CCC(CCC)CC3)CC2)cc1. The molecule has 0 bridgehead atoms. The summed E-state index contributed by atoms with van der Waals surface area (Å²) in [6.45, 7) is 12.7. The van der Waals surface area contributed by atoms with Crippen molar-refractivity contribution in [2.45, 2.75) is 103 Å². The Morgan fingerprint density at radius 1 is 0.895 bits per heavy atom. The van der Waals surface area contributed by atoms with E-state index >= 15 is 0 Å². The zero-order valence-corrected chi connectivity index (χ0v) is 23.8. The average Bonchev–Trinajstić information content (AvgIpc) is 2.93. The fraction of sp³-hybridized carbons (Fsp3) is 0.636. The molecule has 2 atom stereocenters. The molecule has 0 aliphatic heterocycles. The van der Waals surface area contributed by atoms with Crippen molar-refractivity contribution in [1.82, 2.24) is 0 Å². The molecule has 0 amide bonds. The molecule has 5 heteroatoms. The largest absolute Gasteiger partial charge is 0.462 e. The Morgan fingerprint density at radius 3 is 1.92 bits per heavy atom. The van der Waals surface area contributed by atoms with Crippen molar-refractivity contribution in [3.05, 3.63) is 59.7 Å². The number of ether oxygens (including phenoxy) is 2. The highest BCUT2D eigenvalue weighted by Crippen LogP contribution is 2.44. The van der Waals surface area contributed by atoms with Crippen LogP contribution in [0, 0.1) is 17.8 Å². The topological polar surface area (TPSA) is 72.8 Å². The van der Waals surface area contributed by atoms with E-state index in [0.717, 1.165) is 23.3 Å². The number of esters is 2. The van der Waals surface area contributed by atoms with Crippen LogP contribution in [-0.4, -0.2) is 36.4 Å². The van der Waals surface area contributed by atoms with Crippen LogP contribution in [-0.2, 0) is 19.1 Å². The summed E-state index contributed by atoms with van der Waals surface area (Å²) in [6.07, 6.45) is 12.6. The maximum atomic E-state index is 12.2. The number of carbonyl (C=O) groups is 2. The number of aliphatic hydroxyl groups is 1. The second kappa shape index (κ2) is 14.7. The monoisotopic (exact) mass is 524 g/mol. The van der Waals surface area contributed by atoms with E-state index in [1.54, 1.807) is 6.92 Å². The first-order chi connectivity index (χ1) is 18.2. The van der Waals surface area contributed by atoms with Crippen LogP contribution >= 0.6 is 0 Å². The van der Waals surface area contributed by atoms with Crippen molar-refractivity contribution in [3.8, 4) is 0 Å².